The maximum Gasteiger partial charge on any atom is 0.293 e. The number of carbonyl (C=O) groups excluding carboxylic acids is 2. The van der Waals surface area contributed by atoms with E-state index in [0.29, 0.717) is 4.91 Å². The molecule has 176 valence electrons. The van der Waals surface area contributed by atoms with Gasteiger partial charge >= 0.3 is 0 Å². The molecule has 5 aromatic rings. The largest absolute Gasteiger partial charge is 0.318 e. The molecule has 1 aromatic heterocycles. The van der Waals surface area contributed by atoms with Gasteiger partial charge in [0.05, 0.1) is 11.4 Å². The topological polar surface area (TPSA) is 42.3 Å². The first-order chi connectivity index (χ1) is 17.5. The van der Waals surface area contributed by atoms with Crippen LogP contribution in [0.15, 0.2) is 95.9 Å². The van der Waals surface area contributed by atoms with Crippen LogP contribution in [-0.2, 0) is 11.3 Å². The summed E-state index contributed by atoms with van der Waals surface area (Å²) in [6.07, 6.45) is 1.86. The molecule has 5 heteroatoms. The van der Waals surface area contributed by atoms with Crippen LogP contribution in [0.1, 0.15) is 22.5 Å². The number of rotatable bonds is 4. The Morgan fingerprint density at radius 3 is 2.33 bits per heavy atom. The monoisotopic (exact) mass is 488 g/mol. The lowest BCUT2D eigenvalue weighted by Gasteiger charge is -2.14. The first kappa shape index (κ1) is 22.4. The molecule has 4 aromatic carbocycles. The van der Waals surface area contributed by atoms with Gasteiger partial charge in [-0.2, -0.15) is 0 Å². The highest BCUT2D eigenvalue weighted by molar-refractivity contribution is 8.18. The lowest BCUT2D eigenvalue weighted by molar-refractivity contribution is -0.123. The smallest absolute Gasteiger partial charge is 0.293 e. The van der Waals surface area contributed by atoms with Crippen molar-refractivity contribution in [2.75, 3.05) is 0 Å². The van der Waals surface area contributed by atoms with Gasteiger partial charge in [0.1, 0.15) is 0 Å². The van der Waals surface area contributed by atoms with Crippen molar-refractivity contribution in [3.05, 3.63) is 118 Å². The Morgan fingerprint density at radius 2 is 1.50 bits per heavy atom. The van der Waals surface area contributed by atoms with Crippen molar-refractivity contribution in [3.8, 4) is 5.69 Å². The normalized spacial score (nSPS) is 15.1. The predicted molar refractivity (Wildman–Crippen MR) is 148 cm³/mol. The fourth-order valence-corrected chi connectivity index (χ4v) is 5.85. The minimum absolute atomic E-state index is 0.234. The maximum atomic E-state index is 13.3. The summed E-state index contributed by atoms with van der Waals surface area (Å²) in [5.41, 5.74) is 5.09. The van der Waals surface area contributed by atoms with Crippen LogP contribution >= 0.6 is 11.8 Å². The van der Waals surface area contributed by atoms with E-state index in [4.69, 9.17) is 0 Å². The van der Waals surface area contributed by atoms with Crippen molar-refractivity contribution in [3.63, 3.8) is 0 Å². The van der Waals surface area contributed by atoms with E-state index in [2.05, 4.69) is 47.9 Å². The second kappa shape index (κ2) is 8.85. The van der Waals surface area contributed by atoms with Crippen molar-refractivity contribution in [2.45, 2.75) is 20.4 Å². The first-order valence-corrected chi connectivity index (χ1v) is 12.7. The van der Waals surface area contributed by atoms with E-state index >= 15 is 0 Å². The molecule has 0 atom stereocenters. The predicted octanol–water partition coefficient (Wildman–Crippen LogP) is 7.64. The van der Waals surface area contributed by atoms with Gasteiger partial charge < -0.3 is 4.57 Å². The SMILES string of the molecule is Cc1cc(/C=C2\SC(=O)N(Cc3cccc4ccccc34)C2=O)c(C)n1-c1ccc2ccccc2c1. The van der Waals surface area contributed by atoms with Crippen molar-refractivity contribution in [1.29, 1.82) is 0 Å². The molecule has 0 bridgehead atoms. The molecule has 2 heterocycles. The number of nitrogens with zero attached hydrogens (tertiary/aromatic N) is 2. The highest BCUT2D eigenvalue weighted by atomic mass is 32.2. The van der Waals surface area contributed by atoms with Crippen LogP contribution in [-0.4, -0.2) is 20.6 Å². The van der Waals surface area contributed by atoms with E-state index in [-0.39, 0.29) is 17.7 Å². The molecule has 1 saturated heterocycles. The number of benzene rings is 4. The number of aryl methyl sites for hydroxylation is 1. The molecule has 1 aliphatic heterocycles. The number of imide groups is 1. The van der Waals surface area contributed by atoms with Gasteiger partial charge in [-0.1, -0.05) is 72.8 Å². The second-order valence-electron chi connectivity index (χ2n) is 9.10. The molecule has 1 aliphatic rings. The van der Waals surface area contributed by atoms with Gasteiger partial charge in [-0.3, -0.25) is 14.5 Å². The number of aromatic nitrogens is 1. The molecular formula is C31H24N2O2S. The summed E-state index contributed by atoms with van der Waals surface area (Å²) in [6, 6.07) is 30.8. The Bertz CT molecular complexity index is 1710. The Morgan fingerprint density at radius 1 is 0.778 bits per heavy atom. The van der Waals surface area contributed by atoms with Crippen LogP contribution in [0.4, 0.5) is 4.79 Å². The molecule has 36 heavy (non-hydrogen) atoms. The molecule has 0 spiro atoms. The van der Waals surface area contributed by atoms with Gasteiger partial charge in [0.25, 0.3) is 11.1 Å². The van der Waals surface area contributed by atoms with Gasteiger partial charge in [0.2, 0.25) is 0 Å². The summed E-state index contributed by atoms with van der Waals surface area (Å²) in [5.74, 6) is -0.242. The fraction of sp³-hybridized carbons (Fsp3) is 0.0968. The van der Waals surface area contributed by atoms with Crippen LogP contribution in [0.2, 0.25) is 0 Å². The Kier molecular flexibility index (Phi) is 5.50. The zero-order chi connectivity index (χ0) is 24.8. The van der Waals surface area contributed by atoms with Crippen molar-refractivity contribution < 1.29 is 9.59 Å². The summed E-state index contributed by atoms with van der Waals surface area (Å²) >= 11 is 1.01. The summed E-state index contributed by atoms with van der Waals surface area (Å²) in [7, 11) is 0. The van der Waals surface area contributed by atoms with Crippen LogP contribution < -0.4 is 0 Å². The third-order valence-corrected chi connectivity index (χ3v) is 7.74. The molecule has 0 radical (unpaired) electrons. The van der Waals surface area contributed by atoms with Crippen LogP contribution in [0, 0.1) is 13.8 Å². The minimum Gasteiger partial charge on any atom is -0.318 e. The summed E-state index contributed by atoms with van der Waals surface area (Å²) in [6.45, 7) is 4.37. The summed E-state index contributed by atoms with van der Waals surface area (Å²) < 4.78 is 2.19. The number of hydrogen-bond acceptors (Lipinski definition) is 3. The lowest BCUT2D eigenvalue weighted by atomic mass is 10.0. The third-order valence-electron chi connectivity index (χ3n) is 6.83. The second-order valence-corrected chi connectivity index (χ2v) is 10.1. The zero-order valence-electron chi connectivity index (χ0n) is 20.1. The maximum absolute atomic E-state index is 13.3. The quantitative estimate of drug-likeness (QED) is 0.244. The van der Waals surface area contributed by atoms with Crippen LogP contribution in [0.3, 0.4) is 0 Å². The number of hydrogen-bond donors (Lipinski definition) is 0. The van der Waals surface area contributed by atoms with Gasteiger partial charge in [0, 0.05) is 17.1 Å². The molecule has 2 amide bonds. The average molecular weight is 489 g/mol. The van der Waals surface area contributed by atoms with Crippen LogP contribution in [0.5, 0.6) is 0 Å². The standard InChI is InChI=1S/C31H24N2O2S/c1-20-16-26(21(2)33(20)27-15-14-22-8-3-4-10-24(22)17-27)18-29-30(34)32(31(35)36-29)19-25-12-7-11-23-9-5-6-13-28(23)25/h3-18H,19H2,1-2H3/b29-18-. The Labute approximate surface area is 213 Å². The molecule has 0 saturated carbocycles. The summed E-state index contributed by atoms with van der Waals surface area (Å²) in [4.78, 5) is 27.9. The average Bonchev–Trinajstić information content (AvgIpc) is 3.32. The lowest BCUT2D eigenvalue weighted by Crippen LogP contribution is -2.27. The minimum atomic E-state index is -0.242. The van der Waals surface area contributed by atoms with E-state index < -0.39 is 0 Å². The highest BCUT2D eigenvalue weighted by Gasteiger charge is 2.35. The Hall–Kier alpha value is -4.09. The van der Waals surface area contributed by atoms with Gasteiger partial charge in [0.15, 0.2) is 0 Å². The fourth-order valence-electron chi connectivity index (χ4n) is 5.03. The Balaban J connectivity index is 1.32. The number of thioether (sulfide) groups is 1. The van der Waals surface area contributed by atoms with Gasteiger partial charge in [-0.05, 0) is 82.6 Å². The van der Waals surface area contributed by atoms with Crippen molar-refractivity contribution in [1.82, 2.24) is 9.47 Å². The highest BCUT2D eigenvalue weighted by Crippen LogP contribution is 2.35. The number of carbonyl (C=O) groups is 2. The van der Waals surface area contributed by atoms with Crippen molar-refractivity contribution in [2.24, 2.45) is 0 Å². The van der Waals surface area contributed by atoms with Crippen LogP contribution in [0.25, 0.3) is 33.3 Å². The molecular weight excluding hydrogens is 464 g/mol. The molecule has 0 N–H and O–H groups in total. The van der Waals surface area contributed by atoms with E-state index in [1.807, 2.05) is 67.6 Å². The molecule has 4 nitrogen and oxygen atoms in total. The van der Waals surface area contributed by atoms with E-state index in [0.717, 1.165) is 50.7 Å². The van der Waals surface area contributed by atoms with Crippen molar-refractivity contribution >= 4 is 50.5 Å². The van der Waals surface area contributed by atoms with E-state index in [1.54, 1.807) is 0 Å². The van der Waals surface area contributed by atoms with Gasteiger partial charge in [-0.15, -0.1) is 0 Å². The molecule has 0 aliphatic carbocycles. The zero-order valence-corrected chi connectivity index (χ0v) is 20.9. The number of fused-ring (bicyclic) bond motifs is 2. The van der Waals surface area contributed by atoms with E-state index in [1.165, 1.54) is 15.7 Å². The van der Waals surface area contributed by atoms with E-state index in [9.17, 15) is 9.59 Å². The molecule has 0 unspecified atom stereocenters. The summed E-state index contributed by atoms with van der Waals surface area (Å²) in [5, 5.41) is 4.30. The van der Waals surface area contributed by atoms with Gasteiger partial charge in [-0.25, -0.2) is 0 Å². The molecule has 1 fully saturated rings. The third kappa shape index (κ3) is 3.82. The number of amides is 2. The molecule has 6 rings (SSSR count). The first-order valence-electron chi connectivity index (χ1n) is 11.9.